The molecule has 1 atom stereocenters. The molecule has 1 saturated heterocycles. The van der Waals surface area contributed by atoms with Gasteiger partial charge in [-0.25, -0.2) is 0 Å². The average Bonchev–Trinajstić information content (AvgIpc) is 3.12. The highest BCUT2D eigenvalue weighted by Gasteiger charge is 2.34. The van der Waals surface area contributed by atoms with E-state index in [1.807, 2.05) is 25.1 Å². The van der Waals surface area contributed by atoms with E-state index < -0.39 is 12.7 Å². The maximum atomic E-state index is 12.5. The Kier molecular flexibility index (Phi) is 12.5. The molecule has 1 fully saturated rings. The second kappa shape index (κ2) is 14.0. The number of methoxy groups -OCH3 is 1. The van der Waals surface area contributed by atoms with Gasteiger partial charge in [0.05, 0.1) is 13.2 Å². The Balaban J connectivity index is 0.00000480. The summed E-state index contributed by atoms with van der Waals surface area (Å²) in [5, 5.41) is 6.49. The first-order chi connectivity index (χ1) is 14.3. The number of guanidine groups is 1. The quantitative estimate of drug-likeness (QED) is 0.199. The summed E-state index contributed by atoms with van der Waals surface area (Å²) >= 11 is 0. The predicted molar refractivity (Wildman–Crippen MR) is 127 cm³/mol. The minimum absolute atomic E-state index is 0. The minimum atomic E-state index is -4.14. The van der Waals surface area contributed by atoms with Gasteiger partial charge in [-0.3, -0.25) is 9.89 Å². The number of benzene rings is 1. The second-order valence-electron chi connectivity index (χ2n) is 7.62. The third-order valence-corrected chi connectivity index (χ3v) is 4.97. The lowest BCUT2D eigenvalue weighted by molar-refractivity contribution is -0.143. The summed E-state index contributed by atoms with van der Waals surface area (Å²) in [4.78, 5) is 5.68. The summed E-state index contributed by atoms with van der Waals surface area (Å²) < 4.78 is 48.6. The van der Waals surface area contributed by atoms with Crippen LogP contribution in [-0.2, 0) is 11.3 Å². The van der Waals surface area contributed by atoms with Crippen molar-refractivity contribution < 1.29 is 22.6 Å². The molecule has 10 heteroatoms. The van der Waals surface area contributed by atoms with E-state index in [2.05, 4.69) is 15.6 Å². The Morgan fingerprint density at radius 3 is 2.71 bits per heavy atom. The number of nitrogens with zero attached hydrogens (tertiary/aromatic N) is 2. The molecule has 1 aromatic carbocycles. The van der Waals surface area contributed by atoms with Gasteiger partial charge in [0.25, 0.3) is 0 Å². The van der Waals surface area contributed by atoms with Crippen molar-refractivity contribution in [1.82, 2.24) is 15.5 Å². The Morgan fingerprint density at radius 2 is 2.03 bits per heavy atom. The van der Waals surface area contributed by atoms with Gasteiger partial charge in [-0.2, -0.15) is 13.2 Å². The maximum Gasteiger partial charge on any atom is 0.401 e. The lowest BCUT2D eigenvalue weighted by atomic mass is 10.1. The third kappa shape index (κ3) is 10.7. The molecule has 0 saturated carbocycles. The Hall–Kier alpha value is -1.27. The summed E-state index contributed by atoms with van der Waals surface area (Å²) in [7, 11) is 3.34. The van der Waals surface area contributed by atoms with E-state index in [9.17, 15) is 13.2 Å². The standard InChI is InChI=1S/C21H33F3N4O2.HI/c1-16-5-6-18(19(11-16)30-10-4-9-29-3)13-27-20(25-2)26-12-17-7-8-28(14-17)15-21(22,23)24;/h5-6,11,17H,4,7-10,12-15H2,1-3H3,(H2,25,26,27);1H. The molecule has 0 radical (unpaired) electrons. The van der Waals surface area contributed by atoms with Gasteiger partial charge in [-0.1, -0.05) is 12.1 Å². The molecular formula is C21H34F3IN4O2. The molecule has 178 valence electrons. The highest BCUT2D eigenvalue weighted by Crippen LogP contribution is 2.23. The number of halogens is 4. The Labute approximate surface area is 200 Å². The Bertz CT molecular complexity index is 689. The van der Waals surface area contributed by atoms with Crippen LogP contribution in [0.25, 0.3) is 0 Å². The second-order valence-corrected chi connectivity index (χ2v) is 7.62. The Morgan fingerprint density at radius 1 is 1.26 bits per heavy atom. The summed E-state index contributed by atoms with van der Waals surface area (Å²) in [6.45, 7) is 4.45. The molecule has 1 aliphatic heterocycles. The summed E-state index contributed by atoms with van der Waals surface area (Å²) in [5.74, 6) is 1.62. The highest BCUT2D eigenvalue weighted by molar-refractivity contribution is 14.0. The van der Waals surface area contributed by atoms with Crippen molar-refractivity contribution in [1.29, 1.82) is 0 Å². The predicted octanol–water partition coefficient (Wildman–Crippen LogP) is 3.58. The van der Waals surface area contributed by atoms with Crippen molar-refractivity contribution in [2.24, 2.45) is 10.9 Å². The fraction of sp³-hybridized carbons (Fsp3) is 0.667. The fourth-order valence-electron chi connectivity index (χ4n) is 3.44. The summed E-state index contributed by atoms with van der Waals surface area (Å²) in [6.07, 6.45) is -2.58. The third-order valence-electron chi connectivity index (χ3n) is 4.97. The molecule has 0 amide bonds. The molecule has 1 aliphatic rings. The molecule has 2 rings (SSSR count). The minimum Gasteiger partial charge on any atom is -0.493 e. The monoisotopic (exact) mass is 558 g/mol. The maximum absolute atomic E-state index is 12.5. The van der Waals surface area contributed by atoms with Crippen molar-refractivity contribution in [3.05, 3.63) is 29.3 Å². The first kappa shape index (κ1) is 27.8. The lowest BCUT2D eigenvalue weighted by Crippen LogP contribution is -2.40. The molecule has 31 heavy (non-hydrogen) atoms. The van der Waals surface area contributed by atoms with E-state index in [4.69, 9.17) is 9.47 Å². The number of alkyl halides is 3. The fourth-order valence-corrected chi connectivity index (χ4v) is 3.44. The van der Waals surface area contributed by atoms with Crippen LogP contribution in [0.3, 0.4) is 0 Å². The van der Waals surface area contributed by atoms with E-state index in [0.29, 0.717) is 45.4 Å². The van der Waals surface area contributed by atoms with E-state index >= 15 is 0 Å². The van der Waals surface area contributed by atoms with Crippen LogP contribution in [0.2, 0.25) is 0 Å². The van der Waals surface area contributed by atoms with Crippen molar-refractivity contribution >= 4 is 29.9 Å². The largest absolute Gasteiger partial charge is 0.493 e. The van der Waals surface area contributed by atoms with Gasteiger partial charge in [0.2, 0.25) is 0 Å². The lowest BCUT2D eigenvalue weighted by Gasteiger charge is -2.19. The zero-order valence-corrected chi connectivity index (χ0v) is 20.8. The molecule has 2 N–H and O–H groups in total. The molecule has 0 aromatic heterocycles. The van der Waals surface area contributed by atoms with Crippen LogP contribution in [0.4, 0.5) is 13.2 Å². The molecule has 0 bridgehead atoms. The number of rotatable bonds is 10. The van der Waals surface area contributed by atoms with Gasteiger partial charge < -0.3 is 20.1 Å². The zero-order valence-electron chi connectivity index (χ0n) is 18.4. The molecule has 1 unspecified atom stereocenters. The van der Waals surface area contributed by atoms with Crippen LogP contribution in [0, 0.1) is 12.8 Å². The number of likely N-dealkylation sites (tertiary alicyclic amines) is 1. The number of nitrogens with one attached hydrogen (secondary N) is 2. The van der Waals surface area contributed by atoms with Crippen LogP contribution in [0.15, 0.2) is 23.2 Å². The van der Waals surface area contributed by atoms with Crippen LogP contribution < -0.4 is 15.4 Å². The van der Waals surface area contributed by atoms with Crippen molar-refractivity contribution in [2.75, 3.05) is 53.6 Å². The SMILES string of the molecule is CN=C(NCc1ccc(C)cc1OCCCOC)NCC1CCN(CC(F)(F)F)C1.I. The number of hydrogen-bond acceptors (Lipinski definition) is 4. The number of hydrogen-bond donors (Lipinski definition) is 2. The van der Waals surface area contributed by atoms with Crippen LogP contribution >= 0.6 is 24.0 Å². The highest BCUT2D eigenvalue weighted by atomic mass is 127. The van der Waals surface area contributed by atoms with Gasteiger partial charge in [0, 0.05) is 52.4 Å². The smallest absolute Gasteiger partial charge is 0.401 e. The molecule has 1 heterocycles. The van der Waals surface area contributed by atoms with E-state index in [0.717, 1.165) is 29.7 Å². The molecule has 0 aliphatic carbocycles. The van der Waals surface area contributed by atoms with Crippen LogP contribution in [0.1, 0.15) is 24.0 Å². The first-order valence-electron chi connectivity index (χ1n) is 10.3. The summed E-state index contributed by atoms with van der Waals surface area (Å²) in [6, 6.07) is 6.06. The van der Waals surface area contributed by atoms with Crippen molar-refractivity contribution in [3.8, 4) is 5.75 Å². The first-order valence-corrected chi connectivity index (χ1v) is 10.3. The van der Waals surface area contributed by atoms with Crippen LogP contribution in [-0.4, -0.2) is 70.6 Å². The molecular weight excluding hydrogens is 524 g/mol. The molecule has 0 spiro atoms. The van der Waals surface area contributed by atoms with E-state index in [-0.39, 0.29) is 29.9 Å². The number of aliphatic imine (C=N–C) groups is 1. The van der Waals surface area contributed by atoms with Gasteiger partial charge in [0.1, 0.15) is 5.75 Å². The number of ether oxygens (including phenoxy) is 2. The van der Waals surface area contributed by atoms with Gasteiger partial charge in [-0.05, 0) is 37.4 Å². The zero-order chi connectivity index (χ0) is 22.0. The normalized spacial score (nSPS) is 17.4. The van der Waals surface area contributed by atoms with Gasteiger partial charge >= 0.3 is 6.18 Å². The topological polar surface area (TPSA) is 58.1 Å². The van der Waals surface area contributed by atoms with Gasteiger partial charge in [-0.15, -0.1) is 24.0 Å². The summed E-state index contributed by atoms with van der Waals surface area (Å²) in [5.41, 5.74) is 2.13. The van der Waals surface area contributed by atoms with E-state index in [1.165, 1.54) is 4.90 Å². The van der Waals surface area contributed by atoms with Crippen molar-refractivity contribution in [3.63, 3.8) is 0 Å². The number of aryl methyl sites for hydroxylation is 1. The van der Waals surface area contributed by atoms with Crippen LogP contribution in [0.5, 0.6) is 5.75 Å². The van der Waals surface area contributed by atoms with E-state index in [1.54, 1.807) is 14.2 Å². The van der Waals surface area contributed by atoms with Crippen molar-refractivity contribution in [2.45, 2.75) is 32.5 Å². The van der Waals surface area contributed by atoms with Gasteiger partial charge in [0.15, 0.2) is 5.96 Å². The molecule has 6 nitrogen and oxygen atoms in total. The molecule has 1 aromatic rings. The average molecular weight is 558 g/mol.